The molecule has 0 radical (unpaired) electrons. The van der Waals surface area contributed by atoms with E-state index in [0.29, 0.717) is 35.9 Å². The third kappa shape index (κ3) is 4.83. The Bertz CT molecular complexity index is 1060. The van der Waals surface area contributed by atoms with Crippen LogP contribution < -0.4 is 15.5 Å². The predicted octanol–water partition coefficient (Wildman–Crippen LogP) is 2.16. The van der Waals surface area contributed by atoms with E-state index in [0.717, 1.165) is 31.6 Å². The molecule has 176 valence electrons. The number of benzene rings is 1. The fraction of sp³-hybridized carbons (Fsp3) is 0.478. The fourth-order valence-corrected chi connectivity index (χ4v) is 4.50. The van der Waals surface area contributed by atoms with Gasteiger partial charge in [-0.2, -0.15) is 0 Å². The Balaban J connectivity index is 1.29. The summed E-state index contributed by atoms with van der Waals surface area (Å²) in [6, 6.07) is 5.38. The largest absolute Gasteiger partial charge is 0.465 e. The maximum absolute atomic E-state index is 12.8. The molecule has 1 aliphatic heterocycles. The van der Waals surface area contributed by atoms with Crippen LogP contribution >= 0.6 is 11.6 Å². The lowest BCUT2D eigenvalue weighted by Gasteiger charge is -2.35. The van der Waals surface area contributed by atoms with Gasteiger partial charge in [-0.05, 0) is 43.7 Å². The zero-order chi connectivity index (χ0) is 23.6. The van der Waals surface area contributed by atoms with Gasteiger partial charge in [0.2, 0.25) is 5.91 Å². The molecule has 9 nitrogen and oxygen atoms in total. The van der Waals surface area contributed by atoms with Crippen molar-refractivity contribution < 1.29 is 19.1 Å². The summed E-state index contributed by atoms with van der Waals surface area (Å²) >= 11 is 6.25. The van der Waals surface area contributed by atoms with Crippen LogP contribution in [0.15, 0.2) is 30.6 Å². The van der Waals surface area contributed by atoms with Gasteiger partial charge in [-0.3, -0.25) is 9.59 Å². The number of methoxy groups -OCH3 is 1. The van der Waals surface area contributed by atoms with E-state index in [1.807, 2.05) is 12.1 Å². The van der Waals surface area contributed by atoms with Gasteiger partial charge in [-0.15, -0.1) is 0 Å². The van der Waals surface area contributed by atoms with Crippen LogP contribution in [-0.2, 0) is 16.6 Å². The molecule has 1 aliphatic carbocycles. The summed E-state index contributed by atoms with van der Waals surface area (Å²) in [6.45, 7) is 2.03. The average molecular weight is 474 g/mol. The molecule has 2 aliphatic rings. The van der Waals surface area contributed by atoms with Gasteiger partial charge >= 0.3 is 5.97 Å². The summed E-state index contributed by atoms with van der Waals surface area (Å²) in [5.41, 5.74) is 0.318. The van der Waals surface area contributed by atoms with Crippen molar-refractivity contribution in [1.82, 2.24) is 20.2 Å². The number of halogens is 1. The molecule has 2 heterocycles. The SMILES string of the molecule is COC(=O)c1c(Cl)cccc1N1CCC(CNC(=O)C2(NC(=O)c3nccn3C)CC2)CC1. The summed E-state index contributed by atoms with van der Waals surface area (Å²) in [5.74, 6) is -0.338. The van der Waals surface area contributed by atoms with Crippen molar-refractivity contribution in [3.63, 3.8) is 0 Å². The topological polar surface area (TPSA) is 106 Å². The van der Waals surface area contributed by atoms with Crippen LogP contribution in [0.25, 0.3) is 0 Å². The van der Waals surface area contributed by atoms with Crippen molar-refractivity contribution in [1.29, 1.82) is 0 Å². The van der Waals surface area contributed by atoms with E-state index in [4.69, 9.17) is 16.3 Å². The number of esters is 1. The maximum atomic E-state index is 12.8. The molecule has 2 aromatic rings. The van der Waals surface area contributed by atoms with E-state index in [9.17, 15) is 14.4 Å². The number of nitrogens with one attached hydrogen (secondary N) is 2. The molecule has 10 heteroatoms. The van der Waals surface area contributed by atoms with E-state index in [1.54, 1.807) is 30.1 Å². The number of aryl methyl sites for hydroxylation is 1. The second kappa shape index (κ2) is 9.43. The fourth-order valence-electron chi connectivity index (χ4n) is 4.26. The Hall–Kier alpha value is -3.07. The molecule has 0 unspecified atom stereocenters. The zero-order valence-corrected chi connectivity index (χ0v) is 19.5. The van der Waals surface area contributed by atoms with Crippen molar-refractivity contribution in [3.8, 4) is 0 Å². The van der Waals surface area contributed by atoms with Crippen molar-refractivity contribution in [2.24, 2.45) is 13.0 Å². The summed E-state index contributed by atoms with van der Waals surface area (Å²) in [7, 11) is 3.08. The van der Waals surface area contributed by atoms with Gasteiger partial charge in [-0.25, -0.2) is 9.78 Å². The Morgan fingerprint density at radius 1 is 1.24 bits per heavy atom. The number of anilines is 1. The second-order valence-corrected chi connectivity index (χ2v) is 9.07. The molecule has 4 rings (SSSR count). The van der Waals surface area contributed by atoms with Gasteiger partial charge in [0.15, 0.2) is 5.82 Å². The number of carbonyl (C=O) groups excluding carboxylic acids is 3. The van der Waals surface area contributed by atoms with Gasteiger partial charge in [0.25, 0.3) is 5.91 Å². The monoisotopic (exact) mass is 473 g/mol. The van der Waals surface area contributed by atoms with Crippen LogP contribution in [0, 0.1) is 5.92 Å². The molecule has 2 fully saturated rings. The summed E-state index contributed by atoms with van der Waals surface area (Å²) in [4.78, 5) is 43.6. The quantitative estimate of drug-likeness (QED) is 0.597. The van der Waals surface area contributed by atoms with Crippen LogP contribution in [0.5, 0.6) is 0 Å². The zero-order valence-electron chi connectivity index (χ0n) is 18.8. The van der Waals surface area contributed by atoms with E-state index >= 15 is 0 Å². The van der Waals surface area contributed by atoms with Crippen LogP contribution in [0.1, 0.15) is 46.7 Å². The second-order valence-electron chi connectivity index (χ2n) is 8.66. The Kier molecular flexibility index (Phi) is 6.60. The Labute approximate surface area is 197 Å². The smallest absolute Gasteiger partial charge is 0.341 e. The number of hydrogen-bond donors (Lipinski definition) is 2. The van der Waals surface area contributed by atoms with E-state index in [-0.39, 0.29) is 17.6 Å². The highest BCUT2D eigenvalue weighted by atomic mass is 35.5. The molecular weight excluding hydrogens is 446 g/mol. The van der Waals surface area contributed by atoms with Crippen LogP contribution in [0.2, 0.25) is 5.02 Å². The predicted molar refractivity (Wildman–Crippen MR) is 123 cm³/mol. The highest BCUT2D eigenvalue weighted by Gasteiger charge is 2.51. The molecule has 0 bridgehead atoms. The first-order valence-corrected chi connectivity index (χ1v) is 11.4. The molecule has 1 saturated heterocycles. The molecule has 0 atom stereocenters. The van der Waals surface area contributed by atoms with Crippen molar-refractivity contribution in [2.75, 3.05) is 31.6 Å². The Morgan fingerprint density at radius 3 is 2.58 bits per heavy atom. The first kappa shape index (κ1) is 23.1. The number of ether oxygens (including phenoxy) is 1. The number of piperidine rings is 1. The number of carbonyl (C=O) groups is 3. The number of hydrogen-bond acceptors (Lipinski definition) is 6. The molecule has 1 aromatic carbocycles. The highest BCUT2D eigenvalue weighted by Crippen LogP contribution is 2.36. The normalized spacial score (nSPS) is 17.4. The van der Waals surface area contributed by atoms with E-state index < -0.39 is 11.5 Å². The van der Waals surface area contributed by atoms with E-state index in [1.165, 1.54) is 7.11 Å². The molecule has 1 saturated carbocycles. The van der Waals surface area contributed by atoms with Crippen molar-refractivity contribution in [3.05, 3.63) is 47.0 Å². The average Bonchev–Trinajstić information content (AvgIpc) is 3.47. The first-order chi connectivity index (χ1) is 15.8. The molecule has 2 N–H and O–H groups in total. The third-order valence-corrected chi connectivity index (χ3v) is 6.76. The lowest BCUT2D eigenvalue weighted by atomic mass is 9.95. The molecular formula is C23H28ClN5O4. The molecule has 0 spiro atoms. The van der Waals surface area contributed by atoms with Gasteiger partial charge in [0, 0.05) is 39.1 Å². The number of aromatic nitrogens is 2. The molecule has 33 heavy (non-hydrogen) atoms. The first-order valence-electron chi connectivity index (χ1n) is 11.0. The minimum Gasteiger partial charge on any atom is -0.465 e. The van der Waals surface area contributed by atoms with Crippen molar-refractivity contribution >= 4 is 35.1 Å². The summed E-state index contributed by atoms with van der Waals surface area (Å²) in [6.07, 6.45) is 6.22. The van der Waals surface area contributed by atoms with E-state index in [2.05, 4.69) is 20.5 Å². The van der Waals surface area contributed by atoms with Gasteiger partial charge in [0.1, 0.15) is 11.1 Å². The lowest BCUT2D eigenvalue weighted by molar-refractivity contribution is -0.124. The van der Waals surface area contributed by atoms with Crippen LogP contribution in [-0.4, -0.2) is 59.6 Å². The maximum Gasteiger partial charge on any atom is 0.341 e. The van der Waals surface area contributed by atoms with Gasteiger partial charge in [-0.1, -0.05) is 17.7 Å². The van der Waals surface area contributed by atoms with Crippen LogP contribution in [0.4, 0.5) is 5.69 Å². The van der Waals surface area contributed by atoms with Crippen LogP contribution in [0.3, 0.4) is 0 Å². The van der Waals surface area contributed by atoms with Gasteiger partial charge in [0.05, 0.1) is 17.8 Å². The number of nitrogens with zero attached hydrogens (tertiary/aromatic N) is 3. The highest BCUT2D eigenvalue weighted by molar-refractivity contribution is 6.34. The van der Waals surface area contributed by atoms with Crippen molar-refractivity contribution in [2.45, 2.75) is 31.2 Å². The van der Waals surface area contributed by atoms with Gasteiger partial charge < -0.3 is 24.8 Å². The molecule has 2 amide bonds. The minimum absolute atomic E-state index is 0.143. The number of rotatable bonds is 7. The summed E-state index contributed by atoms with van der Waals surface area (Å²) < 4.78 is 6.52. The number of amides is 2. The third-order valence-electron chi connectivity index (χ3n) is 6.45. The number of imidazole rings is 1. The lowest BCUT2D eigenvalue weighted by Crippen LogP contribution is -2.51. The standard InChI is InChI=1S/C23H28ClN5O4/c1-28-13-10-25-19(28)20(30)27-23(8-9-23)22(32)26-14-15-6-11-29(12-7-15)17-5-3-4-16(24)18(17)21(31)33-2/h3-5,10,13,15H,6-9,11-12,14H2,1-2H3,(H,26,32)(H,27,30). The Morgan fingerprint density at radius 2 is 1.97 bits per heavy atom. The minimum atomic E-state index is -0.833. The summed E-state index contributed by atoms with van der Waals surface area (Å²) in [5, 5.41) is 6.26. The molecule has 1 aromatic heterocycles.